The number of carbonyl (C=O) groups excluding carboxylic acids is 1. The number of nitrogens with two attached hydrogens (primary N) is 1. The minimum absolute atomic E-state index is 0.0849. The van der Waals surface area contributed by atoms with Crippen LogP contribution in [0.3, 0.4) is 0 Å². The first kappa shape index (κ1) is 14.1. The first-order valence-electron chi connectivity index (χ1n) is 5.88. The van der Waals surface area contributed by atoms with Crippen LogP contribution < -0.4 is 5.73 Å². The van der Waals surface area contributed by atoms with Gasteiger partial charge in [0.1, 0.15) is 0 Å². The number of nitrogen functional groups attached to an aromatic ring is 1. The lowest BCUT2D eigenvalue weighted by molar-refractivity contribution is -0.137. The van der Waals surface area contributed by atoms with Gasteiger partial charge in [-0.3, -0.25) is 4.79 Å². The van der Waals surface area contributed by atoms with Crippen LogP contribution in [0.1, 0.15) is 27.0 Å². The van der Waals surface area contributed by atoms with Crippen LogP contribution in [0.2, 0.25) is 0 Å². The molecule has 0 fully saturated rings. The molecule has 5 heteroatoms. The van der Waals surface area contributed by atoms with Crippen molar-refractivity contribution in [3.8, 4) is 0 Å². The number of alkyl halides is 3. The molecule has 2 nitrogen and oxygen atoms in total. The highest BCUT2D eigenvalue weighted by atomic mass is 19.4. The highest BCUT2D eigenvalue weighted by molar-refractivity contribution is 6.13. The standard InChI is InChI=1S/C15H12F3NO/c1-9-6-7-13(19)11(8-9)14(20)10-4-2-3-5-12(10)15(16,17)18/h2-8H,19H2,1H3. The Kier molecular flexibility index (Phi) is 3.53. The number of hydrogen-bond donors (Lipinski definition) is 1. The predicted octanol–water partition coefficient (Wildman–Crippen LogP) is 3.83. The third-order valence-electron chi connectivity index (χ3n) is 2.93. The van der Waals surface area contributed by atoms with Crippen molar-refractivity contribution in [2.45, 2.75) is 13.1 Å². The lowest BCUT2D eigenvalue weighted by Crippen LogP contribution is -2.14. The van der Waals surface area contributed by atoms with Gasteiger partial charge in [0, 0.05) is 16.8 Å². The Balaban J connectivity index is 2.57. The van der Waals surface area contributed by atoms with Crippen LogP contribution >= 0.6 is 0 Å². The van der Waals surface area contributed by atoms with E-state index in [1.807, 2.05) is 0 Å². The van der Waals surface area contributed by atoms with Gasteiger partial charge in [-0.15, -0.1) is 0 Å². The summed E-state index contributed by atoms with van der Waals surface area (Å²) < 4.78 is 38.8. The van der Waals surface area contributed by atoms with Crippen LogP contribution in [0.25, 0.3) is 0 Å². The smallest absolute Gasteiger partial charge is 0.398 e. The van der Waals surface area contributed by atoms with E-state index in [9.17, 15) is 18.0 Å². The number of benzene rings is 2. The van der Waals surface area contributed by atoms with Gasteiger partial charge < -0.3 is 5.73 Å². The third-order valence-corrected chi connectivity index (χ3v) is 2.93. The van der Waals surface area contributed by atoms with Gasteiger partial charge in [-0.2, -0.15) is 13.2 Å². The summed E-state index contributed by atoms with van der Waals surface area (Å²) in [5.74, 6) is -0.723. The van der Waals surface area contributed by atoms with Crippen LogP contribution in [0.5, 0.6) is 0 Å². The predicted molar refractivity (Wildman–Crippen MR) is 70.5 cm³/mol. The number of anilines is 1. The van der Waals surface area contributed by atoms with Crippen molar-refractivity contribution in [2.75, 3.05) is 5.73 Å². The molecule has 0 saturated heterocycles. The zero-order valence-electron chi connectivity index (χ0n) is 10.7. The zero-order chi connectivity index (χ0) is 14.9. The second-order valence-electron chi connectivity index (χ2n) is 4.46. The molecule has 2 aromatic rings. The Labute approximate surface area is 114 Å². The average molecular weight is 279 g/mol. The molecule has 104 valence electrons. The van der Waals surface area contributed by atoms with Crippen LogP contribution in [0, 0.1) is 6.92 Å². The molecular formula is C15H12F3NO. The average Bonchev–Trinajstić information content (AvgIpc) is 2.40. The number of halogens is 3. The van der Waals surface area contributed by atoms with Gasteiger partial charge in [0.25, 0.3) is 0 Å². The fourth-order valence-electron chi connectivity index (χ4n) is 1.94. The molecule has 0 heterocycles. The molecule has 0 saturated carbocycles. The van der Waals surface area contributed by atoms with Crippen LogP contribution in [-0.2, 0) is 6.18 Å². The van der Waals surface area contributed by atoms with E-state index < -0.39 is 23.1 Å². The summed E-state index contributed by atoms with van der Waals surface area (Å²) in [4.78, 5) is 12.3. The first-order valence-corrected chi connectivity index (χ1v) is 5.88. The van der Waals surface area contributed by atoms with Crippen LogP contribution in [0.15, 0.2) is 42.5 Å². The van der Waals surface area contributed by atoms with Crippen molar-refractivity contribution in [3.63, 3.8) is 0 Å². The molecule has 0 spiro atoms. The fraction of sp³-hybridized carbons (Fsp3) is 0.133. The van der Waals surface area contributed by atoms with Crippen LogP contribution in [-0.4, -0.2) is 5.78 Å². The number of aryl methyl sites for hydroxylation is 1. The minimum atomic E-state index is -4.58. The molecule has 0 atom stereocenters. The topological polar surface area (TPSA) is 43.1 Å². The second-order valence-corrected chi connectivity index (χ2v) is 4.46. The highest BCUT2D eigenvalue weighted by Crippen LogP contribution is 2.33. The van der Waals surface area contributed by atoms with Gasteiger partial charge in [-0.05, 0) is 25.1 Å². The molecule has 0 aromatic heterocycles. The van der Waals surface area contributed by atoms with Crippen molar-refractivity contribution < 1.29 is 18.0 Å². The molecule has 2 aromatic carbocycles. The monoisotopic (exact) mass is 279 g/mol. The molecule has 0 unspecified atom stereocenters. The number of carbonyl (C=O) groups is 1. The van der Waals surface area contributed by atoms with Crippen molar-refractivity contribution >= 4 is 11.5 Å². The van der Waals surface area contributed by atoms with Gasteiger partial charge in [0.2, 0.25) is 0 Å². The molecule has 2 N–H and O–H groups in total. The van der Waals surface area contributed by atoms with E-state index in [4.69, 9.17) is 5.73 Å². The van der Waals surface area contributed by atoms with E-state index in [1.54, 1.807) is 13.0 Å². The Morgan fingerprint density at radius 1 is 1.05 bits per heavy atom. The highest BCUT2D eigenvalue weighted by Gasteiger charge is 2.35. The molecule has 0 radical (unpaired) electrons. The molecule has 0 bridgehead atoms. The third kappa shape index (κ3) is 2.66. The van der Waals surface area contributed by atoms with Gasteiger partial charge in [0.15, 0.2) is 5.78 Å². The molecule has 2 rings (SSSR count). The van der Waals surface area contributed by atoms with Crippen LogP contribution in [0.4, 0.5) is 18.9 Å². The Hall–Kier alpha value is -2.30. The van der Waals surface area contributed by atoms with Gasteiger partial charge >= 0.3 is 6.18 Å². The normalized spacial score (nSPS) is 11.4. The number of rotatable bonds is 2. The van der Waals surface area contributed by atoms with Gasteiger partial charge in [0.05, 0.1) is 5.56 Å². The molecule has 20 heavy (non-hydrogen) atoms. The first-order chi connectivity index (χ1) is 9.30. The molecular weight excluding hydrogens is 267 g/mol. The van der Waals surface area contributed by atoms with Crippen molar-refractivity contribution in [1.29, 1.82) is 0 Å². The Morgan fingerprint density at radius 2 is 1.70 bits per heavy atom. The number of ketones is 1. The van der Waals surface area contributed by atoms with Gasteiger partial charge in [-0.1, -0.05) is 29.8 Å². The van der Waals surface area contributed by atoms with E-state index in [2.05, 4.69) is 0 Å². The summed E-state index contributed by atoms with van der Waals surface area (Å²) in [6.45, 7) is 1.74. The summed E-state index contributed by atoms with van der Waals surface area (Å²) in [5, 5.41) is 0. The maximum absolute atomic E-state index is 12.9. The van der Waals surface area contributed by atoms with E-state index in [0.717, 1.165) is 17.7 Å². The van der Waals surface area contributed by atoms with E-state index in [-0.39, 0.29) is 11.3 Å². The summed E-state index contributed by atoms with van der Waals surface area (Å²) in [7, 11) is 0. The summed E-state index contributed by atoms with van der Waals surface area (Å²) >= 11 is 0. The van der Waals surface area contributed by atoms with E-state index in [1.165, 1.54) is 24.3 Å². The Bertz CT molecular complexity index is 662. The van der Waals surface area contributed by atoms with Gasteiger partial charge in [-0.25, -0.2) is 0 Å². The summed E-state index contributed by atoms with van der Waals surface area (Å²) in [6.07, 6.45) is -4.58. The van der Waals surface area contributed by atoms with Crippen molar-refractivity contribution in [2.24, 2.45) is 0 Å². The number of hydrogen-bond acceptors (Lipinski definition) is 2. The van der Waals surface area contributed by atoms with Crippen molar-refractivity contribution in [1.82, 2.24) is 0 Å². The maximum atomic E-state index is 12.9. The SMILES string of the molecule is Cc1ccc(N)c(C(=O)c2ccccc2C(F)(F)F)c1. The Morgan fingerprint density at radius 3 is 2.35 bits per heavy atom. The quantitative estimate of drug-likeness (QED) is 0.670. The second kappa shape index (κ2) is 5.00. The van der Waals surface area contributed by atoms with E-state index in [0.29, 0.717) is 0 Å². The minimum Gasteiger partial charge on any atom is -0.398 e. The maximum Gasteiger partial charge on any atom is 0.417 e. The van der Waals surface area contributed by atoms with E-state index >= 15 is 0 Å². The lowest BCUT2D eigenvalue weighted by Gasteiger charge is -2.13. The molecule has 0 aliphatic carbocycles. The molecule has 0 aliphatic heterocycles. The lowest BCUT2D eigenvalue weighted by atomic mass is 9.96. The molecule has 0 aliphatic rings. The largest absolute Gasteiger partial charge is 0.417 e. The summed E-state index contributed by atoms with van der Waals surface area (Å²) in [5.41, 5.74) is 5.35. The van der Waals surface area contributed by atoms with Crippen molar-refractivity contribution in [3.05, 3.63) is 64.7 Å². The summed E-state index contributed by atoms with van der Waals surface area (Å²) in [6, 6.07) is 9.39. The fourth-order valence-corrected chi connectivity index (χ4v) is 1.94. The zero-order valence-corrected chi connectivity index (χ0v) is 10.7. The molecule has 0 amide bonds.